The highest BCUT2D eigenvalue weighted by Gasteiger charge is 2.11. The van der Waals surface area contributed by atoms with Crippen LogP contribution >= 0.6 is 0 Å². The van der Waals surface area contributed by atoms with Crippen molar-refractivity contribution in [3.63, 3.8) is 0 Å². The Labute approximate surface area is 124 Å². The minimum absolute atomic E-state index is 0.374. The summed E-state index contributed by atoms with van der Waals surface area (Å²) in [5.41, 5.74) is 0. The van der Waals surface area contributed by atoms with Crippen molar-refractivity contribution < 1.29 is 9.84 Å². The van der Waals surface area contributed by atoms with Crippen molar-refractivity contribution in [3.8, 4) is 0 Å². The maximum absolute atomic E-state index is 9.85. The summed E-state index contributed by atoms with van der Waals surface area (Å²) in [5.74, 6) is 0. The van der Waals surface area contributed by atoms with Crippen molar-refractivity contribution in [1.82, 2.24) is 5.32 Å². The van der Waals surface area contributed by atoms with Gasteiger partial charge in [-0.3, -0.25) is 0 Å². The third kappa shape index (κ3) is 9.51. The van der Waals surface area contributed by atoms with Crippen LogP contribution in [-0.4, -0.2) is 37.0 Å². The van der Waals surface area contributed by atoms with Crippen LogP contribution in [-0.2, 0) is 4.74 Å². The van der Waals surface area contributed by atoms with E-state index in [-0.39, 0.29) is 6.10 Å². The Bertz CT molecular complexity index is 243. The summed E-state index contributed by atoms with van der Waals surface area (Å²) in [6.07, 6.45) is 15.2. The fraction of sp³-hybridized carbons (Fsp3) is 0.882. The standard InChI is InChI=1S/C17H33NO2/c1-2-3-4-5-6-10-13-20-15-17(19)14-18-16-11-8-7-9-12-16/h7-8,16-19H,2-6,9-15H2,1H3. The largest absolute Gasteiger partial charge is 0.389 e. The van der Waals surface area contributed by atoms with Gasteiger partial charge in [-0.25, -0.2) is 0 Å². The summed E-state index contributed by atoms with van der Waals surface area (Å²) in [5, 5.41) is 13.3. The summed E-state index contributed by atoms with van der Waals surface area (Å²) in [7, 11) is 0. The first kappa shape index (κ1) is 17.7. The molecule has 0 fully saturated rings. The number of allylic oxidation sites excluding steroid dienone is 1. The number of unbranched alkanes of at least 4 members (excludes halogenated alkanes) is 5. The third-order valence-corrected chi connectivity index (χ3v) is 3.86. The number of hydrogen-bond donors (Lipinski definition) is 2. The molecule has 0 bridgehead atoms. The Morgan fingerprint density at radius 2 is 2.00 bits per heavy atom. The van der Waals surface area contributed by atoms with Crippen LogP contribution in [0.25, 0.3) is 0 Å². The van der Waals surface area contributed by atoms with Crippen LogP contribution in [0.1, 0.15) is 64.7 Å². The first-order chi connectivity index (χ1) is 9.83. The van der Waals surface area contributed by atoms with Gasteiger partial charge >= 0.3 is 0 Å². The molecule has 0 aromatic carbocycles. The molecule has 1 rings (SSSR count). The molecule has 118 valence electrons. The fourth-order valence-electron chi connectivity index (χ4n) is 2.54. The van der Waals surface area contributed by atoms with Crippen molar-refractivity contribution in [2.45, 2.75) is 76.9 Å². The zero-order valence-corrected chi connectivity index (χ0v) is 13.2. The molecule has 0 aliphatic heterocycles. The van der Waals surface area contributed by atoms with Crippen LogP contribution in [0.3, 0.4) is 0 Å². The molecular formula is C17H33NO2. The molecule has 20 heavy (non-hydrogen) atoms. The van der Waals surface area contributed by atoms with Gasteiger partial charge in [0.1, 0.15) is 0 Å². The first-order valence-electron chi connectivity index (χ1n) is 8.47. The quantitative estimate of drug-likeness (QED) is 0.426. The summed E-state index contributed by atoms with van der Waals surface area (Å²) < 4.78 is 5.54. The SMILES string of the molecule is CCCCCCCCOCC(O)CNC1CC=CCC1. The summed E-state index contributed by atoms with van der Waals surface area (Å²) in [6.45, 7) is 4.14. The maximum Gasteiger partial charge on any atom is 0.0897 e. The molecule has 0 heterocycles. The van der Waals surface area contributed by atoms with Crippen molar-refractivity contribution in [3.05, 3.63) is 12.2 Å². The number of aliphatic hydroxyl groups is 1. The van der Waals surface area contributed by atoms with Gasteiger partial charge in [-0.1, -0.05) is 51.2 Å². The lowest BCUT2D eigenvalue weighted by molar-refractivity contribution is 0.0339. The lowest BCUT2D eigenvalue weighted by Crippen LogP contribution is -2.37. The first-order valence-corrected chi connectivity index (χ1v) is 8.47. The average molecular weight is 283 g/mol. The van der Waals surface area contributed by atoms with Crippen LogP contribution < -0.4 is 5.32 Å². The fourth-order valence-corrected chi connectivity index (χ4v) is 2.54. The molecule has 0 saturated carbocycles. The van der Waals surface area contributed by atoms with Gasteiger partial charge in [0.05, 0.1) is 12.7 Å². The minimum atomic E-state index is -0.374. The molecule has 0 spiro atoms. The Morgan fingerprint density at radius 3 is 2.75 bits per heavy atom. The molecule has 0 aromatic heterocycles. The molecule has 3 heteroatoms. The molecule has 1 aliphatic carbocycles. The molecule has 2 atom stereocenters. The van der Waals surface area contributed by atoms with Crippen LogP contribution in [0.4, 0.5) is 0 Å². The lowest BCUT2D eigenvalue weighted by Gasteiger charge is -2.21. The van der Waals surface area contributed by atoms with Gasteiger partial charge in [-0.15, -0.1) is 0 Å². The Hall–Kier alpha value is -0.380. The molecule has 0 radical (unpaired) electrons. The van der Waals surface area contributed by atoms with Gasteiger partial charge in [-0.2, -0.15) is 0 Å². The van der Waals surface area contributed by atoms with Crippen molar-refractivity contribution >= 4 is 0 Å². The van der Waals surface area contributed by atoms with Gasteiger partial charge < -0.3 is 15.2 Å². The normalized spacial score (nSPS) is 20.2. The van der Waals surface area contributed by atoms with E-state index in [0.717, 1.165) is 25.9 Å². The van der Waals surface area contributed by atoms with Crippen LogP contribution in [0.5, 0.6) is 0 Å². The summed E-state index contributed by atoms with van der Waals surface area (Å²) >= 11 is 0. The van der Waals surface area contributed by atoms with Crippen LogP contribution in [0.2, 0.25) is 0 Å². The number of hydrogen-bond acceptors (Lipinski definition) is 3. The van der Waals surface area contributed by atoms with E-state index in [1.807, 2.05) is 0 Å². The molecular weight excluding hydrogens is 250 g/mol. The second-order valence-electron chi connectivity index (χ2n) is 5.89. The molecule has 2 unspecified atom stereocenters. The topological polar surface area (TPSA) is 41.5 Å². The lowest BCUT2D eigenvalue weighted by atomic mass is 10.0. The molecule has 0 aromatic rings. The predicted molar refractivity (Wildman–Crippen MR) is 85.0 cm³/mol. The van der Waals surface area contributed by atoms with E-state index >= 15 is 0 Å². The molecule has 0 amide bonds. The smallest absolute Gasteiger partial charge is 0.0897 e. The van der Waals surface area contributed by atoms with E-state index in [9.17, 15) is 5.11 Å². The van der Waals surface area contributed by atoms with E-state index in [0.29, 0.717) is 19.2 Å². The van der Waals surface area contributed by atoms with E-state index in [1.54, 1.807) is 0 Å². The zero-order chi connectivity index (χ0) is 14.5. The number of rotatable bonds is 12. The van der Waals surface area contributed by atoms with Gasteiger partial charge in [0.2, 0.25) is 0 Å². The average Bonchev–Trinajstić information content (AvgIpc) is 2.49. The van der Waals surface area contributed by atoms with E-state index in [1.165, 1.54) is 38.5 Å². The predicted octanol–water partition coefficient (Wildman–Crippen LogP) is 3.42. The number of nitrogens with one attached hydrogen (secondary N) is 1. The second kappa shape index (κ2) is 12.4. The number of ether oxygens (including phenoxy) is 1. The summed E-state index contributed by atoms with van der Waals surface area (Å²) in [6, 6.07) is 0.535. The van der Waals surface area contributed by atoms with Crippen LogP contribution in [0.15, 0.2) is 12.2 Å². The second-order valence-corrected chi connectivity index (χ2v) is 5.89. The van der Waals surface area contributed by atoms with Crippen LogP contribution in [0, 0.1) is 0 Å². The maximum atomic E-state index is 9.85. The van der Waals surface area contributed by atoms with Gasteiger partial charge in [0.15, 0.2) is 0 Å². The van der Waals surface area contributed by atoms with Crippen molar-refractivity contribution in [1.29, 1.82) is 0 Å². The highest BCUT2D eigenvalue weighted by Crippen LogP contribution is 2.10. The highest BCUT2D eigenvalue weighted by atomic mass is 16.5. The van der Waals surface area contributed by atoms with E-state index in [4.69, 9.17) is 4.74 Å². The Balaban J connectivity index is 1.84. The number of aliphatic hydroxyl groups excluding tert-OH is 1. The molecule has 0 saturated heterocycles. The van der Waals surface area contributed by atoms with E-state index in [2.05, 4.69) is 24.4 Å². The molecule has 2 N–H and O–H groups in total. The molecule has 1 aliphatic rings. The van der Waals surface area contributed by atoms with Crippen molar-refractivity contribution in [2.24, 2.45) is 0 Å². The minimum Gasteiger partial charge on any atom is -0.389 e. The zero-order valence-electron chi connectivity index (χ0n) is 13.2. The monoisotopic (exact) mass is 283 g/mol. The van der Waals surface area contributed by atoms with E-state index < -0.39 is 0 Å². The third-order valence-electron chi connectivity index (χ3n) is 3.86. The Kier molecular flexibility index (Phi) is 10.9. The highest BCUT2D eigenvalue weighted by molar-refractivity contribution is 4.93. The van der Waals surface area contributed by atoms with Crippen molar-refractivity contribution in [2.75, 3.05) is 19.8 Å². The summed E-state index contributed by atoms with van der Waals surface area (Å²) in [4.78, 5) is 0. The molecule has 3 nitrogen and oxygen atoms in total. The Morgan fingerprint density at radius 1 is 1.20 bits per heavy atom. The van der Waals surface area contributed by atoms with Gasteiger partial charge in [0.25, 0.3) is 0 Å². The van der Waals surface area contributed by atoms with Gasteiger partial charge in [-0.05, 0) is 25.7 Å². The van der Waals surface area contributed by atoms with Gasteiger partial charge in [0, 0.05) is 19.2 Å².